The van der Waals surface area contributed by atoms with Gasteiger partial charge in [0, 0.05) is 30.2 Å². The molecule has 9 heteroatoms. The van der Waals surface area contributed by atoms with Crippen LogP contribution in [0.4, 0.5) is 0 Å². The summed E-state index contributed by atoms with van der Waals surface area (Å²) in [6, 6.07) is 11.7. The molecule has 0 N–H and O–H groups in total. The molecule has 1 amide bonds. The van der Waals surface area contributed by atoms with Crippen LogP contribution in [0.15, 0.2) is 52.4 Å². The molecule has 2 aromatic carbocycles. The summed E-state index contributed by atoms with van der Waals surface area (Å²) in [5, 5.41) is 0.635. The van der Waals surface area contributed by atoms with Gasteiger partial charge < -0.3 is 4.57 Å². The second-order valence-electron chi connectivity index (χ2n) is 7.50. The van der Waals surface area contributed by atoms with E-state index in [1.807, 2.05) is 29.7 Å². The van der Waals surface area contributed by atoms with E-state index >= 15 is 0 Å². The first-order valence-corrected chi connectivity index (χ1v) is 13.0. The van der Waals surface area contributed by atoms with Crippen molar-refractivity contribution in [1.29, 1.82) is 0 Å². The second-order valence-corrected chi connectivity index (χ2v) is 10.9. The van der Waals surface area contributed by atoms with Crippen molar-refractivity contribution in [2.24, 2.45) is 4.99 Å². The number of sulfonamides is 1. The van der Waals surface area contributed by atoms with Gasteiger partial charge in [-0.1, -0.05) is 35.8 Å². The van der Waals surface area contributed by atoms with Gasteiger partial charge in [0.2, 0.25) is 10.0 Å². The van der Waals surface area contributed by atoms with E-state index in [9.17, 15) is 13.2 Å². The molecule has 4 rings (SSSR count). The molecule has 1 aromatic heterocycles. The highest BCUT2D eigenvalue weighted by molar-refractivity contribution is 7.89. The molecule has 0 atom stereocenters. The summed E-state index contributed by atoms with van der Waals surface area (Å²) in [5.74, 6) is -0.404. The van der Waals surface area contributed by atoms with Gasteiger partial charge in [-0.2, -0.15) is 9.30 Å². The molecule has 31 heavy (non-hydrogen) atoms. The van der Waals surface area contributed by atoms with Crippen LogP contribution < -0.4 is 4.80 Å². The van der Waals surface area contributed by atoms with Crippen LogP contribution in [0, 0.1) is 0 Å². The number of aromatic nitrogens is 1. The predicted octanol–water partition coefficient (Wildman–Crippen LogP) is 4.68. The molecule has 1 saturated heterocycles. The zero-order valence-corrected chi connectivity index (χ0v) is 19.6. The lowest BCUT2D eigenvalue weighted by molar-refractivity contribution is 0.0997. The molecule has 1 aliphatic rings. The number of carbonyl (C=O) groups is 1. The van der Waals surface area contributed by atoms with Crippen molar-refractivity contribution in [3.63, 3.8) is 0 Å². The third-order valence-electron chi connectivity index (χ3n) is 5.46. The SMILES string of the molecule is CCn1c(=NC(=O)c2ccc(S(=O)(=O)N3CCCCCC3)cc2)sc2cc(Cl)ccc21. The average Bonchev–Trinajstić information content (AvgIpc) is 2.92. The van der Waals surface area contributed by atoms with E-state index in [1.54, 1.807) is 4.31 Å². The fraction of sp³-hybridized carbons (Fsp3) is 0.364. The number of rotatable bonds is 4. The highest BCUT2D eigenvalue weighted by Gasteiger charge is 2.25. The first-order valence-electron chi connectivity index (χ1n) is 10.4. The molecule has 0 spiro atoms. The molecule has 2 heterocycles. The van der Waals surface area contributed by atoms with Gasteiger partial charge in [-0.25, -0.2) is 8.42 Å². The van der Waals surface area contributed by atoms with Gasteiger partial charge >= 0.3 is 0 Å². The van der Waals surface area contributed by atoms with Gasteiger partial charge in [0.1, 0.15) is 0 Å². The number of fused-ring (bicyclic) bond motifs is 1. The quantitative estimate of drug-likeness (QED) is 0.547. The van der Waals surface area contributed by atoms with E-state index < -0.39 is 15.9 Å². The summed E-state index contributed by atoms with van der Waals surface area (Å²) in [5.41, 5.74) is 1.33. The Hall–Kier alpha value is -2.00. The number of hydrogen-bond acceptors (Lipinski definition) is 4. The van der Waals surface area contributed by atoms with Crippen molar-refractivity contribution in [1.82, 2.24) is 8.87 Å². The van der Waals surface area contributed by atoms with Crippen LogP contribution in [0.2, 0.25) is 5.02 Å². The Morgan fingerprint density at radius 2 is 1.74 bits per heavy atom. The van der Waals surface area contributed by atoms with Crippen molar-refractivity contribution < 1.29 is 13.2 Å². The number of aryl methyl sites for hydroxylation is 1. The van der Waals surface area contributed by atoms with Crippen molar-refractivity contribution in [3.05, 3.63) is 57.9 Å². The molecular weight excluding hydrogens is 454 g/mol. The standard InChI is InChI=1S/C22H24ClN3O3S2/c1-2-26-19-12-9-17(23)15-20(19)30-22(26)24-21(27)16-7-10-18(11-8-16)31(28,29)25-13-5-3-4-6-14-25/h7-12,15H,2-6,13-14H2,1H3. The number of halogens is 1. The maximum absolute atomic E-state index is 12.9. The van der Waals surface area contributed by atoms with Gasteiger partial charge in [0.25, 0.3) is 5.91 Å². The first-order chi connectivity index (χ1) is 14.9. The molecule has 0 aliphatic carbocycles. The maximum Gasteiger partial charge on any atom is 0.279 e. The van der Waals surface area contributed by atoms with Crippen molar-refractivity contribution >= 4 is 49.1 Å². The smallest absolute Gasteiger partial charge is 0.279 e. The molecule has 0 saturated carbocycles. The Balaban J connectivity index is 1.62. The third-order valence-corrected chi connectivity index (χ3v) is 8.65. The summed E-state index contributed by atoms with van der Waals surface area (Å²) >= 11 is 7.49. The van der Waals surface area contributed by atoms with Gasteiger partial charge in [0.05, 0.1) is 15.1 Å². The zero-order chi connectivity index (χ0) is 22.0. The highest BCUT2D eigenvalue weighted by atomic mass is 35.5. The van der Waals surface area contributed by atoms with Gasteiger partial charge in [-0.05, 0) is 62.2 Å². The van der Waals surface area contributed by atoms with Gasteiger partial charge in [-0.3, -0.25) is 4.79 Å². The van der Waals surface area contributed by atoms with Crippen LogP contribution in [-0.2, 0) is 16.6 Å². The Bertz CT molecular complexity index is 1270. The largest absolute Gasteiger partial charge is 0.317 e. The normalized spacial score (nSPS) is 16.5. The number of benzene rings is 2. The topological polar surface area (TPSA) is 71.7 Å². The first kappa shape index (κ1) is 22.2. The minimum atomic E-state index is -3.54. The van der Waals surface area contributed by atoms with E-state index in [0.29, 0.717) is 35.0 Å². The highest BCUT2D eigenvalue weighted by Crippen LogP contribution is 2.23. The lowest BCUT2D eigenvalue weighted by Gasteiger charge is -2.19. The molecule has 0 bridgehead atoms. The summed E-state index contributed by atoms with van der Waals surface area (Å²) < 4.78 is 30.3. The van der Waals surface area contributed by atoms with Crippen molar-refractivity contribution in [3.8, 4) is 0 Å². The summed E-state index contributed by atoms with van der Waals surface area (Å²) in [6.07, 6.45) is 3.88. The Kier molecular flexibility index (Phi) is 6.62. The fourth-order valence-corrected chi connectivity index (χ4v) is 6.68. The van der Waals surface area contributed by atoms with E-state index in [-0.39, 0.29) is 4.90 Å². The van der Waals surface area contributed by atoms with E-state index in [1.165, 1.54) is 35.6 Å². The van der Waals surface area contributed by atoms with Crippen LogP contribution in [0.1, 0.15) is 43.0 Å². The molecule has 0 unspecified atom stereocenters. The maximum atomic E-state index is 12.9. The molecular formula is C22H24ClN3O3S2. The van der Waals surface area contributed by atoms with Crippen LogP contribution >= 0.6 is 22.9 Å². The summed E-state index contributed by atoms with van der Waals surface area (Å²) in [4.78, 5) is 17.9. The van der Waals surface area contributed by atoms with E-state index in [0.717, 1.165) is 35.9 Å². The Labute approximate surface area is 190 Å². The monoisotopic (exact) mass is 477 g/mol. The second kappa shape index (κ2) is 9.24. The minimum absolute atomic E-state index is 0.214. The number of nitrogens with zero attached hydrogens (tertiary/aromatic N) is 3. The molecule has 3 aromatic rings. The Morgan fingerprint density at radius 1 is 1.06 bits per heavy atom. The lowest BCUT2D eigenvalue weighted by Crippen LogP contribution is -2.31. The predicted molar refractivity (Wildman–Crippen MR) is 124 cm³/mol. The zero-order valence-electron chi connectivity index (χ0n) is 17.3. The molecule has 6 nitrogen and oxygen atoms in total. The number of thiazole rings is 1. The molecule has 1 aliphatic heterocycles. The van der Waals surface area contributed by atoms with Crippen LogP contribution in [-0.4, -0.2) is 36.3 Å². The van der Waals surface area contributed by atoms with Crippen LogP contribution in [0.25, 0.3) is 10.2 Å². The summed E-state index contributed by atoms with van der Waals surface area (Å²) in [7, 11) is -3.54. The van der Waals surface area contributed by atoms with E-state index in [4.69, 9.17) is 11.6 Å². The van der Waals surface area contributed by atoms with E-state index in [2.05, 4.69) is 4.99 Å². The molecule has 164 valence electrons. The minimum Gasteiger partial charge on any atom is -0.317 e. The molecule has 0 radical (unpaired) electrons. The average molecular weight is 478 g/mol. The fourth-order valence-electron chi connectivity index (χ4n) is 3.79. The number of carbonyl (C=O) groups excluding carboxylic acids is 1. The summed E-state index contributed by atoms with van der Waals surface area (Å²) in [6.45, 7) is 3.75. The van der Waals surface area contributed by atoms with Gasteiger partial charge in [0.15, 0.2) is 4.80 Å². The van der Waals surface area contributed by atoms with Crippen molar-refractivity contribution in [2.45, 2.75) is 44.0 Å². The van der Waals surface area contributed by atoms with Crippen molar-refractivity contribution in [2.75, 3.05) is 13.1 Å². The van der Waals surface area contributed by atoms with Gasteiger partial charge in [-0.15, -0.1) is 0 Å². The number of amides is 1. The van der Waals surface area contributed by atoms with Crippen LogP contribution in [0.5, 0.6) is 0 Å². The lowest BCUT2D eigenvalue weighted by atomic mass is 10.2. The van der Waals surface area contributed by atoms with Crippen LogP contribution in [0.3, 0.4) is 0 Å². The number of hydrogen-bond donors (Lipinski definition) is 0. The molecule has 1 fully saturated rings. The third kappa shape index (κ3) is 4.62. The Morgan fingerprint density at radius 3 is 2.39 bits per heavy atom.